The molecular weight excluding hydrogens is 152 g/mol. The van der Waals surface area contributed by atoms with Crippen molar-refractivity contribution in [3.05, 3.63) is 6.10 Å². The minimum Gasteiger partial charge on any atom is -0.394 e. The van der Waals surface area contributed by atoms with Gasteiger partial charge in [0.2, 0.25) is 0 Å². The maximum absolute atomic E-state index is 9.08. The average Bonchev–Trinajstić information content (AvgIpc) is 2.30. The van der Waals surface area contributed by atoms with E-state index in [1.165, 1.54) is 0 Å². The molecule has 65 valence electrons. The van der Waals surface area contributed by atoms with Crippen molar-refractivity contribution in [3.8, 4) is 0 Å². The van der Waals surface area contributed by atoms with Crippen LogP contribution in [0.4, 0.5) is 0 Å². The SMILES string of the molecule is OCC1O[C@H](CO)[C@@H](O)[C]1O. The highest BCUT2D eigenvalue weighted by atomic mass is 16.6. The van der Waals surface area contributed by atoms with Gasteiger partial charge in [-0.05, 0) is 0 Å². The van der Waals surface area contributed by atoms with E-state index in [0.717, 1.165) is 0 Å². The lowest BCUT2D eigenvalue weighted by Gasteiger charge is -2.09. The minimum atomic E-state index is -1.18. The van der Waals surface area contributed by atoms with Gasteiger partial charge in [-0.25, -0.2) is 0 Å². The van der Waals surface area contributed by atoms with Crippen molar-refractivity contribution in [3.63, 3.8) is 0 Å². The second-order valence-electron chi connectivity index (χ2n) is 2.40. The number of ether oxygens (including phenoxy) is 1. The number of aliphatic hydroxyl groups is 4. The Hall–Kier alpha value is -0.200. The maximum Gasteiger partial charge on any atom is 0.155 e. The highest BCUT2D eigenvalue weighted by molar-refractivity contribution is 5.03. The summed E-state index contributed by atoms with van der Waals surface area (Å²) in [6.07, 6.45) is -3.17. The third-order valence-corrected chi connectivity index (χ3v) is 1.67. The smallest absolute Gasteiger partial charge is 0.155 e. The fourth-order valence-electron chi connectivity index (χ4n) is 1.02. The molecule has 1 rings (SSSR count). The molecule has 11 heavy (non-hydrogen) atoms. The van der Waals surface area contributed by atoms with E-state index < -0.39 is 18.3 Å². The van der Waals surface area contributed by atoms with Gasteiger partial charge in [0.05, 0.1) is 13.2 Å². The van der Waals surface area contributed by atoms with Crippen molar-refractivity contribution < 1.29 is 25.2 Å². The van der Waals surface area contributed by atoms with Crippen molar-refractivity contribution in [1.29, 1.82) is 0 Å². The molecule has 0 bridgehead atoms. The van der Waals surface area contributed by atoms with E-state index in [9.17, 15) is 0 Å². The summed E-state index contributed by atoms with van der Waals surface area (Å²) in [4.78, 5) is 0. The molecule has 1 aliphatic rings. The lowest BCUT2D eigenvalue weighted by Crippen LogP contribution is -2.28. The molecule has 1 unspecified atom stereocenters. The van der Waals surface area contributed by atoms with Crippen molar-refractivity contribution >= 4 is 0 Å². The van der Waals surface area contributed by atoms with Crippen molar-refractivity contribution in [2.45, 2.75) is 18.3 Å². The Kier molecular flexibility index (Phi) is 2.80. The predicted octanol–water partition coefficient (Wildman–Crippen LogP) is -2.00. The summed E-state index contributed by atoms with van der Waals surface area (Å²) in [6.45, 7) is -0.763. The first-order chi connectivity index (χ1) is 5.20. The molecule has 0 saturated carbocycles. The second kappa shape index (κ2) is 3.46. The molecular formula is C6H11O5. The Labute approximate surface area is 63.8 Å². The number of hydrogen-bond acceptors (Lipinski definition) is 5. The van der Waals surface area contributed by atoms with E-state index in [2.05, 4.69) is 0 Å². The van der Waals surface area contributed by atoms with Gasteiger partial charge >= 0.3 is 0 Å². The van der Waals surface area contributed by atoms with E-state index in [-0.39, 0.29) is 19.3 Å². The molecule has 1 heterocycles. The zero-order valence-corrected chi connectivity index (χ0v) is 5.84. The summed E-state index contributed by atoms with van der Waals surface area (Å²) in [6, 6.07) is 0. The van der Waals surface area contributed by atoms with Gasteiger partial charge < -0.3 is 25.2 Å². The van der Waals surface area contributed by atoms with Gasteiger partial charge in [-0.3, -0.25) is 0 Å². The zero-order valence-electron chi connectivity index (χ0n) is 5.84. The fraction of sp³-hybridized carbons (Fsp3) is 0.833. The van der Waals surface area contributed by atoms with Gasteiger partial charge in [0.1, 0.15) is 18.3 Å². The van der Waals surface area contributed by atoms with Gasteiger partial charge in [-0.1, -0.05) is 0 Å². The molecule has 0 spiro atoms. The standard InChI is InChI=1S/C6H11O5/c7-1-3-5(9)6(10)4(2-8)11-3/h3-5,7-10H,1-2H2/t3-,4?,5-/m1/s1. The first-order valence-corrected chi connectivity index (χ1v) is 3.31. The average molecular weight is 163 g/mol. The van der Waals surface area contributed by atoms with Gasteiger partial charge in [-0.2, -0.15) is 0 Å². The zero-order chi connectivity index (χ0) is 8.43. The molecule has 0 aliphatic carbocycles. The van der Waals surface area contributed by atoms with Crippen LogP contribution in [0.5, 0.6) is 0 Å². The maximum atomic E-state index is 9.08. The van der Waals surface area contributed by atoms with E-state index in [1.807, 2.05) is 0 Å². The van der Waals surface area contributed by atoms with E-state index in [0.29, 0.717) is 0 Å². The van der Waals surface area contributed by atoms with E-state index >= 15 is 0 Å². The van der Waals surface area contributed by atoms with Crippen molar-refractivity contribution in [1.82, 2.24) is 0 Å². The summed E-state index contributed by atoms with van der Waals surface area (Å²) in [5.74, 6) is 0. The molecule has 1 saturated heterocycles. The fourth-order valence-corrected chi connectivity index (χ4v) is 1.02. The number of hydrogen-bond donors (Lipinski definition) is 4. The summed E-state index contributed by atoms with van der Waals surface area (Å²) < 4.78 is 4.85. The third kappa shape index (κ3) is 1.52. The number of aliphatic hydroxyl groups excluding tert-OH is 4. The second-order valence-corrected chi connectivity index (χ2v) is 2.40. The van der Waals surface area contributed by atoms with Crippen LogP contribution in [0.3, 0.4) is 0 Å². The Morgan fingerprint density at radius 2 is 1.91 bits per heavy atom. The summed E-state index contributed by atoms with van der Waals surface area (Å²) >= 11 is 0. The molecule has 5 nitrogen and oxygen atoms in total. The first kappa shape index (κ1) is 8.89. The molecule has 1 aliphatic heterocycles. The lowest BCUT2D eigenvalue weighted by atomic mass is 10.1. The Balaban J connectivity index is 2.53. The lowest BCUT2D eigenvalue weighted by molar-refractivity contribution is -0.0361. The van der Waals surface area contributed by atoms with Crippen LogP contribution in [0.25, 0.3) is 0 Å². The topological polar surface area (TPSA) is 90.2 Å². The number of rotatable bonds is 2. The van der Waals surface area contributed by atoms with Crippen LogP contribution in [-0.2, 0) is 4.74 Å². The molecule has 0 aromatic carbocycles. The first-order valence-electron chi connectivity index (χ1n) is 3.31. The molecule has 3 atom stereocenters. The Morgan fingerprint density at radius 3 is 2.18 bits per heavy atom. The van der Waals surface area contributed by atoms with Gasteiger partial charge in [0.25, 0.3) is 0 Å². The Morgan fingerprint density at radius 1 is 1.27 bits per heavy atom. The highest BCUT2D eigenvalue weighted by Gasteiger charge is 2.42. The molecule has 0 aromatic heterocycles. The quantitative estimate of drug-likeness (QED) is 0.378. The van der Waals surface area contributed by atoms with Crippen LogP contribution < -0.4 is 0 Å². The van der Waals surface area contributed by atoms with E-state index in [4.69, 9.17) is 25.2 Å². The molecule has 0 aromatic rings. The summed E-state index contributed by atoms with van der Waals surface area (Å²) in [5.41, 5.74) is 0. The summed E-state index contributed by atoms with van der Waals surface area (Å²) in [5, 5.41) is 35.3. The molecule has 1 radical (unpaired) electrons. The van der Waals surface area contributed by atoms with Gasteiger partial charge in [0, 0.05) is 0 Å². The predicted molar refractivity (Wildman–Crippen MR) is 34.0 cm³/mol. The molecule has 0 amide bonds. The highest BCUT2D eigenvalue weighted by Crippen LogP contribution is 2.25. The Bertz CT molecular complexity index is 110. The molecule has 5 heteroatoms. The monoisotopic (exact) mass is 163 g/mol. The van der Waals surface area contributed by atoms with Crippen LogP contribution in [0, 0.1) is 6.10 Å². The molecule has 1 fully saturated rings. The van der Waals surface area contributed by atoms with Crippen LogP contribution >= 0.6 is 0 Å². The van der Waals surface area contributed by atoms with Crippen LogP contribution in [0.15, 0.2) is 0 Å². The van der Waals surface area contributed by atoms with Crippen LogP contribution in [-0.4, -0.2) is 52.0 Å². The molecule has 4 N–H and O–H groups in total. The largest absolute Gasteiger partial charge is 0.394 e. The third-order valence-electron chi connectivity index (χ3n) is 1.67. The van der Waals surface area contributed by atoms with Gasteiger partial charge in [0.15, 0.2) is 6.10 Å². The minimum absolute atomic E-state index is 0.313. The van der Waals surface area contributed by atoms with E-state index in [1.54, 1.807) is 0 Å². The summed E-state index contributed by atoms with van der Waals surface area (Å²) in [7, 11) is 0. The van der Waals surface area contributed by atoms with Crippen molar-refractivity contribution in [2.24, 2.45) is 0 Å². The van der Waals surface area contributed by atoms with Crippen LogP contribution in [0.2, 0.25) is 0 Å². The van der Waals surface area contributed by atoms with Crippen molar-refractivity contribution in [2.75, 3.05) is 13.2 Å². The van der Waals surface area contributed by atoms with Crippen LogP contribution in [0.1, 0.15) is 0 Å². The normalized spacial score (nSPS) is 39.8. The van der Waals surface area contributed by atoms with Gasteiger partial charge in [-0.15, -0.1) is 0 Å².